The smallest absolute Gasteiger partial charge is 0.0373 e. The van der Waals surface area contributed by atoms with E-state index < -0.39 is 0 Å². The van der Waals surface area contributed by atoms with Crippen molar-refractivity contribution in [3.8, 4) is 0 Å². The first-order valence-corrected chi connectivity index (χ1v) is 6.13. The van der Waals surface area contributed by atoms with Gasteiger partial charge in [0.2, 0.25) is 0 Å². The molecule has 2 heteroatoms. The fourth-order valence-electron chi connectivity index (χ4n) is 2.28. The third-order valence-electron chi connectivity index (χ3n) is 3.06. The summed E-state index contributed by atoms with van der Waals surface area (Å²) in [5.41, 5.74) is 4.11. The van der Waals surface area contributed by atoms with E-state index in [0.29, 0.717) is 0 Å². The van der Waals surface area contributed by atoms with Gasteiger partial charge in [-0.25, -0.2) is 0 Å². The lowest BCUT2D eigenvalue weighted by atomic mass is 10.1. The molecule has 0 atom stereocenters. The summed E-state index contributed by atoms with van der Waals surface area (Å²) in [5, 5.41) is 3.39. The lowest BCUT2D eigenvalue weighted by Crippen LogP contribution is -2.23. The van der Waals surface area contributed by atoms with Crippen molar-refractivity contribution in [2.24, 2.45) is 0 Å². The molecule has 0 aliphatic carbocycles. The van der Waals surface area contributed by atoms with Gasteiger partial charge in [0, 0.05) is 31.9 Å². The maximum atomic E-state index is 3.80. The molecule has 2 rings (SSSR count). The summed E-state index contributed by atoms with van der Waals surface area (Å²) in [6.45, 7) is 11.4. The number of benzene rings is 1. The molecule has 0 spiro atoms. The number of hydrogen-bond acceptors (Lipinski definition) is 2. The highest BCUT2D eigenvalue weighted by Crippen LogP contribution is 2.23. The molecule has 0 unspecified atom stereocenters. The van der Waals surface area contributed by atoms with Crippen molar-refractivity contribution >= 4 is 5.69 Å². The predicted molar refractivity (Wildman–Crippen MR) is 74.3 cm³/mol. The van der Waals surface area contributed by atoms with Crippen LogP contribution < -0.4 is 5.32 Å². The van der Waals surface area contributed by atoms with Crippen molar-refractivity contribution in [3.63, 3.8) is 0 Å². The molecular weight excluding hydrogens is 208 g/mol. The summed E-state index contributed by atoms with van der Waals surface area (Å²) in [6, 6.07) is 6.71. The van der Waals surface area contributed by atoms with E-state index in [0.717, 1.165) is 32.6 Å². The van der Waals surface area contributed by atoms with Gasteiger partial charge in [-0.3, -0.25) is 4.90 Å². The van der Waals surface area contributed by atoms with E-state index in [-0.39, 0.29) is 0 Å². The zero-order valence-corrected chi connectivity index (χ0v) is 10.3. The van der Waals surface area contributed by atoms with E-state index >= 15 is 0 Å². The van der Waals surface area contributed by atoms with Crippen LogP contribution in [0.5, 0.6) is 0 Å². The number of rotatable bonds is 6. The van der Waals surface area contributed by atoms with Crippen molar-refractivity contribution in [3.05, 3.63) is 54.6 Å². The molecule has 1 heterocycles. The topological polar surface area (TPSA) is 15.3 Å². The number of nitrogens with zero attached hydrogens (tertiary/aromatic N) is 1. The van der Waals surface area contributed by atoms with Crippen LogP contribution in [0.2, 0.25) is 0 Å². The first kappa shape index (κ1) is 11.9. The monoisotopic (exact) mass is 228 g/mol. The van der Waals surface area contributed by atoms with Crippen molar-refractivity contribution in [1.82, 2.24) is 4.90 Å². The van der Waals surface area contributed by atoms with Crippen molar-refractivity contribution in [1.29, 1.82) is 0 Å². The van der Waals surface area contributed by atoms with Gasteiger partial charge in [-0.15, -0.1) is 13.2 Å². The maximum absolute atomic E-state index is 3.80. The lowest BCUT2D eigenvalue weighted by molar-refractivity contribution is 0.328. The third-order valence-corrected chi connectivity index (χ3v) is 3.06. The lowest BCUT2D eigenvalue weighted by Gasteiger charge is -2.19. The standard InChI is InChI=1S/C15H20N2/c1-3-9-17(10-4-2)12-13-5-6-15-14(11-13)7-8-16-15/h3-6,11,16H,1-2,7-10,12H2. The molecule has 1 N–H and O–H groups in total. The third kappa shape index (κ3) is 2.98. The van der Waals surface area contributed by atoms with E-state index in [2.05, 4.69) is 41.6 Å². The zero-order chi connectivity index (χ0) is 12.1. The van der Waals surface area contributed by atoms with Gasteiger partial charge in [-0.2, -0.15) is 0 Å². The second-order valence-electron chi connectivity index (χ2n) is 4.44. The molecule has 1 aromatic carbocycles. The Labute approximate surface area is 104 Å². The molecular formula is C15H20N2. The van der Waals surface area contributed by atoms with E-state index in [4.69, 9.17) is 0 Å². The van der Waals surface area contributed by atoms with E-state index in [9.17, 15) is 0 Å². The average Bonchev–Trinajstić information content (AvgIpc) is 2.77. The highest BCUT2D eigenvalue weighted by molar-refractivity contribution is 5.56. The van der Waals surface area contributed by atoms with Gasteiger partial charge in [-0.1, -0.05) is 24.3 Å². The molecule has 2 nitrogen and oxygen atoms in total. The molecule has 0 saturated carbocycles. The highest BCUT2D eigenvalue weighted by Gasteiger charge is 2.10. The molecule has 0 amide bonds. The summed E-state index contributed by atoms with van der Waals surface area (Å²) in [7, 11) is 0. The quantitative estimate of drug-likeness (QED) is 0.753. The summed E-state index contributed by atoms with van der Waals surface area (Å²) in [4.78, 5) is 2.32. The van der Waals surface area contributed by atoms with Gasteiger partial charge in [0.1, 0.15) is 0 Å². The van der Waals surface area contributed by atoms with Crippen LogP contribution in [0.3, 0.4) is 0 Å². The zero-order valence-electron chi connectivity index (χ0n) is 10.3. The molecule has 0 fully saturated rings. The Morgan fingerprint density at radius 3 is 2.71 bits per heavy atom. The van der Waals surface area contributed by atoms with Gasteiger partial charge < -0.3 is 5.32 Å². The summed E-state index contributed by atoms with van der Waals surface area (Å²) in [6.07, 6.45) is 5.03. The van der Waals surface area contributed by atoms with Crippen LogP contribution >= 0.6 is 0 Å². The minimum Gasteiger partial charge on any atom is -0.384 e. The number of nitrogens with one attached hydrogen (secondary N) is 1. The average molecular weight is 228 g/mol. The molecule has 0 bridgehead atoms. The van der Waals surface area contributed by atoms with Crippen LogP contribution in [0.15, 0.2) is 43.5 Å². The fraction of sp³-hybridized carbons (Fsp3) is 0.333. The van der Waals surface area contributed by atoms with Crippen molar-refractivity contribution in [2.75, 3.05) is 25.0 Å². The van der Waals surface area contributed by atoms with E-state index in [1.807, 2.05) is 12.2 Å². The van der Waals surface area contributed by atoms with Crippen molar-refractivity contribution in [2.45, 2.75) is 13.0 Å². The molecule has 1 aromatic rings. The summed E-state index contributed by atoms with van der Waals surface area (Å²) < 4.78 is 0. The maximum Gasteiger partial charge on any atom is 0.0373 e. The molecule has 0 radical (unpaired) electrons. The van der Waals surface area contributed by atoms with Gasteiger partial charge in [0.25, 0.3) is 0 Å². The Kier molecular flexibility index (Phi) is 3.99. The van der Waals surface area contributed by atoms with Crippen molar-refractivity contribution < 1.29 is 0 Å². The van der Waals surface area contributed by atoms with Gasteiger partial charge in [-0.05, 0) is 23.6 Å². The van der Waals surface area contributed by atoms with Crippen LogP contribution in [0, 0.1) is 0 Å². The molecule has 0 saturated heterocycles. The Morgan fingerprint density at radius 1 is 1.24 bits per heavy atom. The van der Waals surface area contributed by atoms with Crippen LogP contribution in [-0.2, 0) is 13.0 Å². The second-order valence-corrected chi connectivity index (χ2v) is 4.44. The fourth-order valence-corrected chi connectivity index (χ4v) is 2.28. The number of anilines is 1. The van der Waals surface area contributed by atoms with Crippen LogP contribution in [0.1, 0.15) is 11.1 Å². The van der Waals surface area contributed by atoms with Crippen LogP contribution in [0.25, 0.3) is 0 Å². The molecule has 17 heavy (non-hydrogen) atoms. The van der Waals surface area contributed by atoms with Crippen LogP contribution in [0.4, 0.5) is 5.69 Å². The minimum atomic E-state index is 0.904. The predicted octanol–water partition coefficient (Wildman–Crippen LogP) is 2.83. The first-order valence-electron chi connectivity index (χ1n) is 6.13. The molecule has 1 aliphatic heterocycles. The van der Waals surface area contributed by atoms with Gasteiger partial charge in [0.05, 0.1) is 0 Å². The largest absolute Gasteiger partial charge is 0.384 e. The minimum absolute atomic E-state index is 0.904. The molecule has 90 valence electrons. The SMILES string of the molecule is C=CCN(CC=C)Cc1ccc2c(c1)CCN2. The Balaban J connectivity index is 2.06. The summed E-state index contributed by atoms with van der Waals surface area (Å²) in [5.74, 6) is 0. The molecule has 1 aliphatic rings. The van der Waals surface area contributed by atoms with E-state index in [1.54, 1.807) is 0 Å². The van der Waals surface area contributed by atoms with Gasteiger partial charge >= 0.3 is 0 Å². The number of hydrogen-bond donors (Lipinski definition) is 1. The number of fused-ring (bicyclic) bond motifs is 1. The molecule has 0 aromatic heterocycles. The Hall–Kier alpha value is -1.54. The second kappa shape index (κ2) is 5.69. The van der Waals surface area contributed by atoms with Gasteiger partial charge in [0.15, 0.2) is 0 Å². The summed E-state index contributed by atoms with van der Waals surface area (Å²) >= 11 is 0. The highest BCUT2D eigenvalue weighted by atomic mass is 15.1. The Morgan fingerprint density at radius 2 is 2.00 bits per heavy atom. The van der Waals surface area contributed by atoms with E-state index in [1.165, 1.54) is 16.8 Å². The first-order chi connectivity index (χ1) is 8.33. The van der Waals surface area contributed by atoms with Crippen LogP contribution in [-0.4, -0.2) is 24.5 Å². The Bertz CT molecular complexity index is 399. The normalized spacial score (nSPS) is 13.2.